The molecular weight excluding hydrogens is 564 g/mol. The maximum Gasteiger partial charge on any atom is 0.229 e. The lowest BCUT2D eigenvalue weighted by Crippen LogP contribution is -2.61. The van der Waals surface area contributed by atoms with Crippen molar-refractivity contribution < 1.29 is 68.2 Å². The lowest BCUT2D eigenvalue weighted by molar-refractivity contribution is -0.307. The van der Waals surface area contributed by atoms with Crippen molar-refractivity contribution >= 4 is 21.9 Å². The fourth-order valence-corrected chi connectivity index (χ4v) is 4.93. The Morgan fingerprint density at radius 1 is 0.810 bits per heavy atom. The van der Waals surface area contributed by atoms with Gasteiger partial charge in [0.05, 0.1) is 39.9 Å². The van der Waals surface area contributed by atoms with E-state index >= 15 is 0 Å². The van der Waals surface area contributed by atoms with Gasteiger partial charge in [-0.25, -0.2) is 0 Å². The number of methoxy groups -OCH3 is 3. The standard InChI is InChI=1S/C27H32O15/c1-35-12-6-4-5-10-17(29)16-13(7-14(36-2)24(37-3)25(16)42-23(10)12)40-27-22(34)20(32)19(31)15(41-27)9-39-26-21(33)18(30)11(28)8-38-26/h4-7,11,15,18-22,26-28,30-34H,8-9H2,1-3H3/t11-,15-,18+,19-,20+,21-,22-,26+,27-/m1/s1. The van der Waals surface area contributed by atoms with Gasteiger partial charge in [0.2, 0.25) is 17.5 Å². The van der Waals surface area contributed by atoms with Gasteiger partial charge in [0.1, 0.15) is 53.9 Å². The molecule has 2 aromatic carbocycles. The summed E-state index contributed by atoms with van der Waals surface area (Å²) in [5, 5.41) is 61.5. The average Bonchev–Trinajstić information content (AvgIpc) is 2.99. The van der Waals surface area contributed by atoms with E-state index in [1.807, 2.05) is 0 Å². The molecule has 1 aromatic heterocycles. The zero-order valence-corrected chi connectivity index (χ0v) is 22.8. The third kappa shape index (κ3) is 5.23. The van der Waals surface area contributed by atoms with Crippen molar-refractivity contribution in [3.8, 4) is 23.0 Å². The van der Waals surface area contributed by atoms with Crippen LogP contribution in [0.3, 0.4) is 0 Å². The highest BCUT2D eigenvalue weighted by Gasteiger charge is 2.46. The van der Waals surface area contributed by atoms with Crippen molar-refractivity contribution in [1.82, 2.24) is 0 Å². The van der Waals surface area contributed by atoms with E-state index in [0.29, 0.717) is 5.75 Å². The number of fused-ring (bicyclic) bond motifs is 2. The number of para-hydroxylation sites is 1. The van der Waals surface area contributed by atoms with Crippen molar-refractivity contribution in [3.05, 3.63) is 34.5 Å². The molecule has 0 saturated carbocycles. The van der Waals surface area contributed by atoms with Gasteiger partial charge in [0, 0.05) is 6.07 Å². The minimum atomic E-state index is -1.79. The number of hydrogen-bond acceptors (Lipinski definition) is 15. The summed E-state index contributed by atoms with van der Waals surface area (Å²) in [7, 11) is 4.13. The zero-order chi connectivity index (χ0) is 30.3. The van der Waals surface area contributed by atoms with Crippen LogP contribution in [0, 0.1) is 0 Å². The van der Waals surface area contributed by atoms with Crippen molar-refractivity contribution in [1.29, 1.82) is 0 Å². The van der Waals surface area contributed by atoms with E-state index in [9.17, 15) is 35.4 Å². The molecule has 2 aliphatic rings. The number of aliphatic hydroxyl groups excluding tert-OH is 6. The Kier molecular flexibility index (Phi) is 8.75. The van der Waals surface area contributed by atoms with Crippen LogP contribution < -0.4 is 24.4 Å². The van der Waals surface area contributed by atoms with E-state index < -0.39 is 67.3 Å². The predicted molar refractivity (Wildman–Crippen MR) is 141 cm³/mol. The fourth-order valence-electron chi connectivity index (χ4n) is 4.93. The summed E-state index contributed by atoms with van der Waals surface area (Å²) in [4.78, 5) is 13.7. The van der Waals surface area contributed by atoms with Crippen LogP contribution >= 0.6 is 0 Å². The molecule has 0 radical (unpaired) electrons. The Hall–Kier alpha value is -3.25. The molecule has 15 heteroatoms. The Morgan fingerprint density at radius 3 is 2.21 bits per heavy atom. The Bertz CT molecular complexity index is 1470. The molecule has 42 heavy (non-hydrogen) atoms. The molecule has 0 spiro atoms. The molecule has 9 atom stereocenters. The molecule has 2 saturated heterocycles. The van der Waals surface area contributed by atoms with Crippen LogP contribution in [0.25, 0.3) is 21.9 Å². The van der Waals surface area contributed by atoms with Gasteiger partial charge in [-0.1, -0.05) is 6.07 Å². The van der Waals surface area contributed by atoms with Crippen LogP contribution in [0.2, 0.25) is 0 Å². The molecule has 230 valence electrons. The SMILES string of the molecule is COc1cc(O[C@@H]2O[C@H](CO[C@@H]3OC[C@@H](O)[C@H](O)[C@H]3O)[C@@H](O)[C@H](O)[C@H]2O)c2c(=O)c3cccc(OC)c3oc2c1OC. The number of ether oxygens (including phenoxy) is 7. The van der Waals surface area contributed by atoms with Gasteiger partial charge in [-0.05, 0) is 12.1 Å². The Labute approximate surface area is 237 Å². The number of benzene rings is 2. The second-order valence-corrected chi connectivity index (χ2v) is 9.80. The molecule has 3 aromatic rings. The van der Waals surface area contributed by atoms with Crippen LogP contribution in [-0.4, -0.2) is 120 Å². The van der Waals surface area contributed by atoms with Crippen LogP contribution in [0.15, 0.2) is 33.5 Å². The summed E-state index contributed by atoms with van der Waals surface area (Å²) in [5.41, 5.74) is -0.440. The van der Waals surface area contributed by atoms with Crippen LogP contribution in [-0.2, 0) is 14.2 Å². The van der Waals surface area contributed by atoms with E-state index in [1.54, 1.807) is 12.1 Å². The van der Waals surface area contributed by atoms with Gasteiger partial charge >= 0.3 is 0 Å². The largest absolute Gasteiger partial charge is 0.493 e. The van der Waals surface area contributed by atoms with Gasteiger partial charge in [0.25, 0.3) is 0 Å². The Morgan fingerprint density at radius 2 is 1.52 bits per heavy atom. The lowest BCUT2D eigenvalue weighted by Gasteiger charge is -2.41. The number of aliphatic hydroxyl groups is 6. The van der Waals surface area contributed by atoms with E-state index in [0.717, 1.165) is 0 Å². The zero-order valence-electron chi connectivity index (χ0n) is 22.8. The van der Waals surface area contributed by atoms with Crippen LogP contribution in [0.4, 0.5) is 0 Å². The summed E-state index contributed by atoms with van der Waals surface area (Å²) in [6, 6.07) is 6.07. The second kappa shape index (κ2) is 12.2. The summed E-state index contributed by atoms with van der Waals surface area (Å²) >= 11 is 0. The van der Waals surface area contributed by atoms with Gasteiger partial charge in [-0.2, -0.15) is 0 Å². The normalized spacial score (nSPS) is 31.7. The summed E-state index contributed by atoms with van der Waals surface area (Å²) in [6.07, 6.45) is -14.1. The van der Waals surface area contributed by atoms with Gasteiger partial charge in [-0.3, -0.25) is 4.79 Å². The molecule has 0 aliphatic carbocycles. The third-order valence-corrected chi connectivity index (χ3v) is 7.25. The quantitative estimate of drug-likeness (QED) is 0.165. The first kappa shape index (κ1) is 30.2. The van der Waals surface area contributed by atoms with Crippen molar-refractivity contribution in [2.75, 3.05) is 34.5 Å². The second-order valence-electron chi connectivity index (χ2n) is 9.80. The number of rotatable bonds is 8. The third-order valence-electron chi connectivity index (χ3n) is 7.25. The molecule has 0 unspecified atom stereocenters. The lowest BCUT2D eigenvalue weighted by atomic mass is 9.99. The highest BCUT2D eigenvalue weighted by molar-refractivity contribution is 5.99. The molecule has 0 amide bonds. The monoisotopic (exact) mass is 596 g/mol. The molecule has 15 nitrogen and oxygen atoms in total. The molecule has 3 heterocycles. The molecule has 2 aliphatic heterocycles. The highest BCUT2D eigenvalue weighted by atomic mass is 16.7. The molecular formula is C27H32O15. The Balaban J connectivity index is 1.49. The van der Waals surface area contributed by atoms with Crippen molar-refractivity contribution in [3.63, 3.8) is 0 Å². The van der Waals surface area contributed by atoms with Crippen molar-refractivity contribution in [2.45, 2.75) is 55.3 Å². The van der Waals surface area contributed by atoms with E-state index in [1.165, 1.54) is 33.5 Å². The van der Waals surface area contributed by atoms with Gasteiger partial charge in [-0.15, -0.1) is 0 Å². The maximum absolute atomic E-state index is 13.7. The van der Waals surface area contributed by atoms with Gasteiger partial charge in [0.15, 0.2) is 29.0 Å². The topological polar surface area (TPSA) is 216 Å². The first-order chi connectivity index (χ1) is 20.1. The van der Waals surface area contributed by atoms with E-state index in [-0.39, 0.29) is 45.8 Å². The van der Waals surface area contributed by atoms with Gasteiger partial charge < -0.3 is 68.2 Å². The average molecular weight is 597 g/mol. The summed E-state index contributed by atoms with van der Waals surface area (Å²) in [5.74, 6) is 0.317. The molecule has 5 rings (SSSR count). The molecule has 0 bridgehead atoms. The first-order valence-corrected chi connectivity index (χ1v) is 12.9. The van der Waals surface area contributed by atoms with Crippen LogP contribution in [0.5, 0.6) is 23.0 Å². The molecule has 6 N–H and O–H groups in total. The molecule has 2 fully saturated rings. The smallest absolute Gasteiger partial charge is 0.229 e. The minimum Gasteiger partial charge on any atom is -0.493 e. The first-order valence-electron chi connectivity index (χ1n) is 12.9. The van der Waals surface area contributed by atoms with E-state index in [2.05, 4.69) is 0 Å². The summed E-state index contributed by atoms with van der Waals surface area (Å²) < 4.78 is 44.6. The number of hydrogen-bond donors (Lipinski definition) is 6. The van der Waals surface area contributed by atoms with E-state index in [4.69, 9.17) is 37.6 Å². The highest BCUT2D eigenvalue weighted by Crippen LogP contribution is 2.43. The van der Waals surface area contributed by atoms with Crippen molar-refractivity contribution in [2.24, 2.45) is 0 Å². The minimum absolute atomic E-state index is 0.0520. The maximum atomic E-state index is 13.7. The summed E-state index contributed by atoms with van der Waals surface area (Å²) in [6.45, 7) is -0.811. The predicted octanol–water partition coefficient (Wildman–Crippen LogP) is -1.39. The fraction of sp³-hybridized carbons (Fsp3) is 0.519. The van der Waals surface area contributed by atoms with Crippen LogP contribution in [0.1, 0.15) is 0 Å².